The Morgan fingerprint density at radius 3 is 2.41 bits per heavy atom. The van der Waals surface area contributed by atoms with Gasteiger partial charge < -0.3 is 51.3 Å². The van der Waals surface area contributed by atoms with Crippen molar-refractivity contribution in [3.8, 4) is 17.1 Å². The monoisotopic (exact) mass is 797 g/mol. The molecule has 0 radical (unpaired) electrons. The van der Waals surface area contributed by atoms with Crippen molar-refractivity contribution in [3.05, 3.63) is 86.7 Å². The van der Waals surface area contributed by atoms with Gasteiger partial charge in [-0.05, 0) is 79.1 Å². The zero-order chi connectivity index (χ0) is 41.9. The van der Waals surface area contributed by atoms with Crippen molar-refractivity contribution in [1.29, 1.82) is 0 Å². The highest BCUT2D eigenvalue weighted by molar-refractivity contribution is 5.98. The van der Waals surface area contributed by atoms with Gasteiger partial charge in [0.1, 0.15) is 31.0 Å². The number of pyridine rings is 2. The van der Waals surface area contributed by atoms with Gasteiger partial charge in [0.25, 0.3) is 5.56 Å². The standard InChI is InChI=1S/C41H47N7O10/c1-5-25-26-16-24(13-14-30(26)45-34-27(25)18-48-32(34)17-29-28(37(48)51)20-58-38(52)41(29,56)6-2)57-19-22-9-11-23(12-10-22)44-35(49)31(8-7-15-43-39(42)53)46-36(50)33(21(3)4)47-40(54)55/h9-14,16-17,21,31,33,47,56H,5-8,15,18-20H2,1-4H3,(H,44,49)(H,46,50)(H,54,55)(H3,42,43,53)/t31?,33?,41-/m0/s1. The van der Waals surface area contributed by atoms with Crippen LogP contribution in [0, 0.1) is 5.92 Å². The first-order valence-electron chi connectivity index (χ1n) is 19.1. The lowest BCUT2D eigenvalue weighted by molar-refractivity contribution is -0.172. The molecule has 2 aliphatic rings. The summed E-state index contributed by atoms with van der Waals surface area (Å²) in [5.74, 6) is -1.76. The minimum Gasteiger partial charge on any atom is -0.489 e. The Bertz CT molecular complexity index is 2340. The zero-order valence-corrected chi connectivity index (χ0v) is 32.6. The molecule has 0 saturated carbocycles. The summed E-state index contributed by atoms with van der Waals surface area (Å²) in [6.07, 6.45) is -0.222. The number of urea groups is 1. The van der Waals surface area contributed by atoms with Gasteiger partial charge in [-0.2, -0.15) is 0 Å². The Morgan fingerprint density at radius 2 is 1.76 bits per heavy atom. The Morgan fingerprint density at radius 1 is 1.02 bits per heavy atom. The number of nitrogens with one attached hydrogen (secondary N) is 4. The Labute approximate surface area is 333 Å². The van der Waals surface area contributed by atoms with Crippen LogP contribution in [0.25, 0.3) is 22.3 Å². The van der Waals surface area contributed by atoms with Crippen molar-refractivity contribution in [1.82, 2.24) is 25.5 Å². The number of aliphatic hydroxyl groups is 1. The molecule has 4 aromatic rings. The molecule has 0 aliphatic carbocycles. The molecule has 17 nitrogen and oxygen atoms in total. The van der Waals surface area contributed by atoms with Crippen LogP contribution in [-0.4, -0.2) is 68.3 Å². The summed E-state index contributed by atoms with van der Waals surface area (Å²) in [5.41, 5.74) is 8.44. The van der Waals surface area contributed by atoms with Crippen LogP contribution >= 0.6 is 0 Å². The van der Waals surface area contributed by atoms with Gasteiger partial charge >= 0.3 is 18.1 Å². The largest absolute Gasteiger partial charge is 0.489 e. The van der Waals surface area contributed by atoms with E-state index < -0.39 is 53.5 Å². The summed E-state index contributed by atoms with van der Waals surface area (Å²) in [7, 11) is 0. The molecule has 2 aromatic carbocycles. The first-order chi connectivity index (χ1) is 27.6. The van der Waals surface area contributed by atoms with Crippen molar-refractivity contribution < 1.29 is 43.7 Å². The summed E-state index contributed by atoms with van der Waals surface area (Å²) >= 11 is 0. The van der Waals surface area contributed by atoms with Crippen molar-refractivity contribution in [2.45, 2.75) is 90.8 Å². The normalized spacial score (nSPS) is 16.3. The van der Waals surface area contributed by atoms with Crippen molar-refractivity contribution in [2.75, 3.05) is 11.9 Å². The number of esters is 1. The van der Waals surface area contributed by atoms with Crippen LogP contribution in [0.4, 0.5) is 15.3 Å². The molecule has 4 heterocycles. The topological polar surface area (TPSA) is 253 Å². The zero-order valence-electron chi connectivity index (χ0n) is 32.6. The number of carbonyl (C=O) groups excluding carboxylic acids is 4. The molecule has 58 heavy (non-hydrogen) atoms. The van der Waals surface area contributed by atoms with Crippen molar-refractivity contribution >= 4 is 46.5 Å². The summed E-state index contributed by atoms with van der Waals surface area (Å²) in [4.78, 5) is 79.9. The lowest BCUT2D eigenvalue weighted by Gasteiger charge is -2.31. The van der Waals surface area contributed by atoms with Gasteiger partial charge in [-0.1, -0.05) is 39.8 Å². The molecule has 0 fully saturated rings. The molecule has 0 spiro atoms. The summed E-state index contributed by atoms with van der Waals surface area (Å²) in [6, 6.07) is 11.4. The van der Waals surface area contributed by atoms with E-state index in [1.807, 2.05) is 19.1 Å². The molecule has 2 aliphatic heterocycles. The van der Waals surface area contributed by atoms with E-state index in [1.54, 1.807) is 61.7 Å². The first-order valence-corrected chi connectivity index (χ1v) is 19.1. The third-order valence-electron chi connectivity index (χ3n) is 10.6. The van der Waals surface area contributed by atoms with Crippen LogP contribution in [0.15, 0.2) is 53.3 Å². The highest BCUT2D eigenvalue weighted by Crippen LogP contribution is 2.41. The minimum absolute atomic E-state index is 0.0564. The predicted octanol–water partition coefficient (Wildman–Crippen LogP) is 3.39. The average Bonchev–Trinajstić information content (AvgIpc) is 3.56. The van der Waals surface area contributed by atoms with Gasteiger partial charge in [-0.25, -0.2) is 19.4 Å². The van der Waals surface area contributed by atoms with E-state index in [4.69, 9.17) is 20.2 Å². The van der Waals surface area contributed by atoms with Gasteiger partial charge in [0, 0.05) is 28.7 Å². The van der Waals surface area contributed by atoms with Crippen LogP contribution in [0.1, 0.15) is 74.8 Å². The minimum atomic E-state index is -1.91. The second kappa shape index (κ2) is 16.9. The number of cyclic esters (lactones) is 1. The van der Waals surface area contributed by atoms with Crippen LogP contribution < -0.4 is 37.3 Å². The van der Waals surface area contributed by atoms with Crippen LogP contribution in [0.2, 0.25) is 0 Å². The number of aryl methyl sites for hydroxylation is 1. The highest BCUT2D eigenvalue weighted by Gasteiger charge is 2.45. The number of fused-ring (bicyclic) bond motifs is 5. The Kier molecular flexibility index (Phi) is 12.0. The lowest BCUT2D eigenvalue weighted by atomic mass is 9.86. The summed E-state index contributed by atoms with van der Waals surface area (Å²) in [6.45, 7) is 7.50. The molecular weight excluding hydrogens is 750 g/mol. The number of carbonyl (C=O) groups is 5. The SMILES string of the molecule is CCc1c2c(nc3ccc(OCc4ccc(NC(=O)C(CCCNC(N)=O)NC(=O)C(NC(=O)O)C(C)C)cc4)cc13)-c1cc3c(c(=O)n1C2)COC(=O)[C@]3(O)CC. The van der Waals surface area contributed by atoms with Crippen LogP contribution in [-0.2, 0) is 50.9 Å². The molecule has 306 valence electrons. The second-order valence-electron chi connectivity index (χ2n) is 14.7. The third-order valence-corrected chi connectivity index (χ3v) is 10.6. The van der Waals surface area contributed by atoms with Crippen molar-refractivity contribution in [2.24, 2.45) is 11.7 Å². The fourth-order valence-corrected chi connectivity index (χ4v) is 7.43. The van der Waals surface area contributed by atoms with E-state index in [2.05, 4.69) is 21.3 Å². The number of aromatic nitrogens is 2. The highest BCUT2D eigenvalue weighted by atomic mass is 16.6. The number of hydrogen-bond donors (Lipinski definition) is 7. The van der Waals surface area contributed by atoms with E-state index in [9.17, 15) is 39.0 Å². The average molecular weight is 798 g/mol. The quantitative estimate of drug-likeness (QED) is 0.0597. The van der Waals surface area contributed by atoms with Crippen molar-refractivity contribution in [3.63, 3.8) is 0 Å². The second-order valence-corrected chi connectivity index (χ2v) is 14.7. The number of nitrogens with two attached hydrogens (primary N) is 1. The molecule has 3 atom stereocenters. The van der Waals surface area contributed by atoms with E-state index in [0.29, 0.717) is 41.2 Å². The molecular formula is C41H47N7O10. The molecule has 2 aromatic heterocycles. The van der Waals surface area contributed by atoms with E-state index in [-0.39, 0.29) is 55.8 Å². The smallest absolute Gasteiger partial charge is 0.405 e. The number of amides is 5. The molecule has 0 saturated heterocycles. The van der Waals surface area contributed by atoms with Crippen LogP contribution in [0.3, 0.4) is 0 Å². The number of nitrogens with zero attached hydrogens (tertiary/aromatic N) is 2. The molecule has 0 bridgehead atoms. The molecule has 17 heteroatoms. The fourth-order valence-electron chi connectivity index (χ4n) is 7.43. The maximum atomic E-state index is 13.7. The lowest BCUT2D eigenvalue weighted by Crippen LogP contribution is -2.54. The number of carboxylic acid groups (broad SMARTS) is 1. The number of primary amides is 1. The van der Waals surface area contributed by atoms with Crippen LogP contribution in [0.5, 0.6) is 5.75 Å². The summed E-state index contributed by atoms with van der Waals surface area (Å²) in [5, 5.41) is 31.3. The maximum Gasteiger partial charge on any atom is 0.405 e. The molecule has 8 N–H and O–H groups in total. The number of hydrogen-bond acceptors (Lipinski definition) is 10. The number of anilines is 1. The molecule has 2 unspecified atom stereocenters. The van der Waals surface area contributed by atoms with Gasteiger partial charge in [0.2, 0.25) is 11.8 Å². The maximum absolute atomic E-state index is 13.7. The Balaban J connectivity index is 1.15. The van der Waals surface area contributed by atoms with Gasteiger partial charge in [-0.3, -0.25) is 14.4 Å². The van der Waals surface area contributed by atoms with E-state index >= 15 is 0 Å². The van der Waals surface area contributed by atoms with E-state index in [0.717, 1.165) is 22.1 Å². The number of ether oxygens (including phenoxy) is 2. The number of benzene rings is 2. The first kappa shape index (κ1) is 41.2. The Hall–Kier alpha value is -6.49. The number of rotatable bonds is 15. The predicted molar refractivity (Wildman–Crippen MR) is 212 cm³/mol. The van der Waals surface area contributed by atoms with E-state index in [1.165, 1.54) is 0 Å². The summed E-state index contributed by atoms with van der Waals surface area (Å²) < 4.78 is 13.0. The fraction of sp³-hybridized carbons (Fsp3) is 0.390. The van der Waals surface area contributed by atoms with Gasteiger partial charge in [-0.15, -0.1) is 0 Å². The van der Waals surface area contributed by atoms with Gasteiger partial charge in [0.15, 0.2) is 5.60 Å². The molecule has 5 amide bonds. The van der Waals surface area contributed by atoms with Gasteiger partial charge in [0.05, 0.1) is 29.0 Å². The molecule has 6 rings (SSSR count). The third kappa shape index (κ3) is 8.30.